The van der Waals surface area contributed by atoms with Gasteiger partial charge in [0.15, 0.2) is 0 Å². The summed E-state index contributed by atoms with van der Waals surface area (Å²) in [4.78, 5) is 22.6. The van der Waals surface area contributed by atoms with Crippen molar-refractivity contribution in [3.8, 4) is 0 Å². The lowest BCUT2D eigenvalue weighted by atomic mass is 10.0. The van der Waals surface area contributed by atoms with Gasteiger partial charge in [0.25, 0.3) is 0 Å². The van der Waals surface area contributed by atoms with Gasteiger partial charge in [0.1, 0.15) is 12.6 Å². The fourth-order valence-corrected chi connectivity index (χ4v) is 1.72. The maximum Gasteiger partial charge on any atom is 0.326 e. The molecular formula is C13H21N3O4. The molecule has 1 atom stereocenters. The molecule has 7 nitrogen and oxygen atoms in total. The van der Waals surface area contributed by atoms with Crippen molar-refractivity contribution in [2.24, 2.45) is 13.0 Å². The first-order valence-corrected chi connectivity index (χ1v) is 6.47. The number of nitrogens with one attached hydrogen (secondary N) is 1. The minimum Gasteiger partial charge on any atom is -0.480 e. The molecule has 0 spiro atoms. The van der Waals surface area contributed by atoms with E-state index in [1.54, 1.807) is 24.0 Å². The van der Waals surface area contributed by atoms with Crippen LogP contribution in [0.15, 0.2) is 12.3 Å². The van der Waals surface area contributed by atoms with E-state index in [4.69, 9.17) is 9.84 Å². The second-order valence-electron chi connectivity index (χ2n) is 5.03. The zero-order valence-electron chi connectivity index (χ0n) is 12.0. The average Bonchev–Trinajstić information content (AvgIpc) is 2.73. The number of nitrogens with zero attached hydrogens (tertiary/aromatic N) is 2. The summed E-state index contributed by atoms with van der Waals surface area (Å²) in [5, 5.41) is 15.4. The van der Waals surface area contributed by atoms with Crippen molar-refractivity contribution >= 4 is 11.9 Å². The molecule has 2 N–H and O–H groups in total. The molecule has 7 heteroatoms. The van der Waals surface area contributed by atoms with Crippen LogP contribution >= 0.6 is 0 Å². The second kappa shape index (κ2) is 7.64. The van der Waals surface area contributed by atoms with Crippen LogP contribution in [0.2, 0.25) is 0 Å². The molecule has 1 aromatic heterocycles. The molecule has 0 aliphatic heterocycles. The highest BCUT2D eigenvalue weighted by molar-refractivity contribution is 5.84. The first-order chi connectivity index (χ1) is 9.40. The molecule has 1 aromatic rings. The van der Waals surface area contributed by atoms with Crippen molar-refractivity contribution < 1.29 is 19.4 Å². The number of aromatic nitrogens is 2. The largest absolute Gasteiger partial charge is 0.480 e. The third-order valence-electron chi connectivity index (χ3n) is 2.75. The number of carbonyl (C=O) groups excluding carboxylic acids is 1. The van der Waals surface area contributed by atoms with Crippen molar-refractivity contribution in [3.05, 3.63) is 18.0 Å². The van der Waals surface area contributed by atoms with Gasteiger partial charge >= 0.3 is 5.97 Å². The normalized spacial score (nSPS) is 12.4. The van der Waals surface area contributed by atoms with Gasteiger partial charge in [-0.1, -0.05) is 13.8 Å². The molecule has 0 radical (unpaired) electrons. The fraction of sp³-hybridized carbons (Fsp3) is 0.615. The number of carboxylic acid groups (broad SMARTS) is 1. The van der Waals surface area contributed by atoms with E-state index in [9.17, 15) is 9.59 Å². The van der Waals surface area contributed by atoms with Crippen LogP contribution in [0.4, 0.5) is 0 Å². The lowest BCUT2D eigenvalue weighted by molar-refractivity contribution is -0.143. The van der Waals surface area contributed by atoms with Crippen molar-refractivity contribution in [1.82, 2.24) is 15.1 Å². The Balaban J connectivity index is 2.35. The molecule has 1 rings (SSSR count). The standard InChI is InChI=1S/C13H21N3O4/c1-9(2)6-11(13(18)19)15-12(17)8-20-7-10-4-5-14-16(10)3/h4-5,9,11H,6-8H2,1-3H3,(H,15,17)(H,18,19). The summed E-state index contributed by atoms with van der Waals surface area (Å²) in [6, 6.07) is 0.916. The van der Waals surface area contributed by atoms with Gasteiger partial charge < -0.3 is 15.2 Å². The lowest BCUT2D eigenvalue weighted by Gasteiger charge is -2.16. The van der Waals surface area contributed by atoms with Crippen LogP contribution < -0.4 is 5.32 Å². The van der Waals surface area contributed by atoms with E-state index in [0.717, 1.165) is 5.69 Å². The van der Waals surface area contributed by atoms with Gasteiger partial charge in [0.2, 0.25) is 5.91 Å². The Bertz CT molecular complexity index is 456. The van der Waals surface area contributed by atoms with Gasteiger partial charge in [-0.2, -0.15) is 5.10 Å². The number of carboxylic acids is 1. The van der Waals surface area contributed by atoms with Crippen molar-refractivity contribution in [2.75, 3.05) is 6.61 Å². The SMILES string of the molecule is CC(C)CC(NC(=O)COCc1ccnn1C)C(=O)O. The molecule has 0 aliphatic rings. The highest BCUT2D eigenvalue weighted by Gasteiger charge is 2.20. The Kier molecular flexibility index (Phi) is 6.17. The number of rotatable bonds is 8. The van der Waals surface area contributed by atoms with Crippen LogP contribution in [0, 0.1) is 5.92 Å². The minimum absolute atomic E-state index is 0.174. The number of carbonyl (C=O) groups is 2. The summed E-state index contributed by atoms with van der Waals surface area (Å²) in [5.41, 5.74) is 0.842. The van der Waals surface area contributed by atoms with E-state index < -0.39 is 17.9 Å². The number of aliphatic carboxylic acids is 1. The van der Waals surface area contributed by atoms with Crippen LogP contribution in [0.25, 0.3) is 0 Å². The second-order valence-corrected chi connectivity index (χ2v) is 5.03. The molecule has 1 amide bonds. The maximum absolute atomic E-state index is 11.6. The monoisotopic (exact) mass is 283 g/mol. The first-order valence-electron chi connectivity index (χ1n) is 6.47. The average molecular weight is 283 g/mol. The molecule has 0 fully saturated rings. The van der Waals surface area contributed by atoms with Crippen LogP contribution in [0.1, 0.15) is 26.0 Å². The fourth-order valence-electron chi connectivity index (χ4n) is 1.72. The van der Waals surface area contributed by atoms with E-state index in [2.05, 4.69) is 10.4 Å². The van der Waals surface area contributed by atoms with Gasteiger partial charge in [-0.05, 0) is 18.4 Å². The van der Waals surface area contributed by atoms with Gasteiger partial charge in [-0.15, -0.1) is 0 Å². The summed E-state index contributed by atoms with van der Waals surface area (Å²) in [6.07, 6.45) is 2.03. The van der Waals surface area contributed by atoms with Gasteiger partial charge in [0, 0.05) is 13.2 Å². The third kappa shape index (κ3) is 5.40. The van der Waals surface area contributed by atoms with Crippen molar-refractivity contribution in [2.45, 2.75) is 32.9 Å². The summed E-state index contributed by atoms with van der Waals surface area (Å²) in [5.74, 6) is -1.27. The van der Waals surface area contributed by atoms with Gasteiger partial charge in [-0.3, -0.25) is 9.48 Å². The van der Waals surface area contributed by atoms with Crippen LogP contribution in [0.3, 0.4) is 0 Å². The Morgan fingerprint density at radius 2 is 2.20 bits per heavy atom. The summed E-state index contributed by atoms with van der Waals surface area (Å²) in [7, 11) is 1.78. The van der Waals surface area contributed by atoms with Crippen LogP contribution in [-0.2, 0) is 28.0 Å². The predicted molar refractivity (Wildman–Crippen MR) is 71.9 cm³/mol. The highest BCUT2D eigenvalue weighted by atomic mass is 16.5. The lowest BCUT2D eigenvalue weighted by Crippen LogP contribution is -2.43. The first kappa shape index (κ1) is 16.2. The summed E-state index contributed by atoms with van der Waals surface area (Å²) < 4.78 is 6.89. The molecule has 0 aromatic carbocycles. The van der Waals surface area contributed by atoms with E-state index in [0.29, 0.717) is 6.42 Å². The number of hydrogen-bond acceptors (Lipinski definition) is 4. The van der Waals surface area contributed by atoms with E-state index in [1.807, 2.05) is 13.8 Å². The molecule has 0 saturated carbocycles. The smallest absolute Gasteiger partial charge is 0.326 e. The van der Waals surface area contributed by atoms with Crippen molar-refractivity contribution in [1.29, 1.82) is 0 Å². The van der Waals surface area contributed by atoms with Gasteiger partial charge in [-0.25, -0.2) is 4.79 Å². The van der Waals surface area contributed by atoms with E-state index in [-0.39, 0.29) is 19.1 Å². The highest BCUT2D eigenvalue weighted by Crippen LogP contribution is 2.05. The molecule has 1 unspecified atom stereocenters. The van der Waals surface area contributed by atoms with Crippen LogP contribution in [0.5, 0.6) is 0 Å². The Labute approximate surface area is 117 Å². The number of ether oxygens (including phenoxy) is 1. The predicted octanol–water partition coefficient (Wildman–Crippen LogP) is 0.552. The van der Waals surface area contributed by atoms with E-state index >= 15 is 0 Å². The molecule has 112 valence electrons. The Morgan fingerprint density at radius 3 is 2.70 bits per heavy atom. The summed E-state index contributed by atoms with van der Waals surface area (Å²) >= 11 is 0. The maximum atomic E-state index is 11.6. The quantitative estimate of drug-likeness (QED) is 0.727. The van der Waals surface area contributed by atoms with E-state index in [1.165, 1.54) is 0 Å². The Hall–Kier alpha value is -1.89. The Morgan fingerprint density at radius 1 is 1.50 bits per heavy atom. The number of hydrogen-bond donors (Lipinski definition) is 2. The molecule has 0 saturated heterocycles. The number of aryl methyl sites for hydroxylation is 1. The molecule has 0 aliphatic carbocycles. The third-order valence-corrected chi connectivity index (χ3v) is 2.75. The van der Waals surface area contributed by atoms with Crippen LogP contribution in [-0.4, -0.2) is 39.4 Å². The minimum atomic E-state index is -1.03. The summed E-state index contributed by atoms with van der Waals surface area (Å²) in [6.45, 7) is 3.89. The topological polar surface area (TPSA) is 93.5 Å². The molecule has 20 heavy (non-hydrogen) atoms. The van der Waals surface area contributed by atoms with Crippen molar-refractivity contribution in [3.63, 3.8) is 0 Å². The zero-order valence-corrected chi connectivity index (χ0v) is 12.0. The van der Waals surface area contributed by atoms with Gasteiger partial charge in [0.05, 0.1) is 12.3 Å². The molecule has 1 heterocycles. The molecular weight excluding hydrogens is 262 g/mol. The molecule has 0 bridgehead atoms. The number of amides is 1. The zero-order chi connectivity index (χ0) is 15.1.